The van der Waals surface area contributed by atoms with Crippen LogP contribution in [0.1, 0.15) is 38.2 Å². The van der Waals surface area contributed by atoms with Crippen molar-refractivity contribution in [3.8, 4) is 28.5 Å². The van der Waals surface area contributed by atoms with Gasteiger partial charge in [-0.3, -0.25) is 14.8 Å². The highest BCUT2D eigenvalue weighted by Gasteiger charge is 2.42. The molecule has 1 aromatic heterocycles. The van der Waals surface area contributed by atoms with Gasteiger partial charge in [-0.1, -0.05) is 6.07 Å². The van der Waals surface area contributed by atoms with E-state index in [9.17, 15) is 4.79 Å². The average molecular weight is 459 g/mol. The van der Waals surface area contributed by atoms with Crippen molar-refractivity contribution in [3.05, 3.63) is 60.3 Å². The van der Waals surface area contributed by atoms with Gasteiger partial charge in [0.15, 0.2) is 0 Å². The molecule has 4 heterocycles. The summed E-state index contributed by atoms with van der Waals surface area (Å²) in [7, 11) is 0. The second-order valence-electron chi connectivity index (χ2n) is 9.76. The molecule has 2 aromatic carbocycles. The van der Waals surface area contributed by atoms with Crippen molar-refractivity contribution in [2.45, 2.75) is 63.3 Å². The van der Waals surface area contributed by atoms with Crippen LogP contribution in [0.3, 0.4) is 0 Å². The van der Waals surface area contributed by atoms with Crippen LogP contribution in [0.2, 0.25) is 0 Å². The van der Waals surface area contributed by atoms with E-state index in [0.717, 1.165) is 54.3 Å². The highest BCUT2D eigenvalue weighted by atomic mass is 16.5. The maximum absolute atomic E-state index is 11.5. The highest BCUT2D eigenvalue weighted by molar-refractivity contribution is 5.73. The van der Waals surface area contributed by atoms with Crippen molar-refractivity contribution in [2.24, 2.45) is 0 Å². The maximum atomic E-state index is 11.5. The van der Waals surface area contributed by atoms with Crippen molar-refractivity contribution >= 4 is 5.91 Å². The molecule has 0 spiro atoms. The molecule has 4 atom stereocenters. The molecule has 2 unspecified atom stereocenters. The average Bonchev–Trinajstić information content (AvgIpc) is 3.53. The largest absolute Gasteiger partial charge is 0.488 e. The Kier molecular flexibility index (Phi) is 5.49. The Morgan fingerprint density at radius 3 is 2.59 bits per heavy atom. The Morgan fingerprint density at radius 1 is 1.12 bits per heavy atom. The fraction of sp³-hybridized carbons (Fsp3) is 0.407. The van der Waals surface area contributed by atoms with E-state index in [4.69, 9.17) is 9.47 Å². The van der Waals surface area contributed by atoms with Gasteiger partial charge in [-0.05, 0) is 73.2 Å². The molecule has 2 N–H and O–H groups in total. The molecule has 2 fully saturated rings. The number of aromatic nitrogens is 2. The molecule has 0 radical (unpaired) electrons. The number of rotatable bonds is 6. The summed E-state index contributed by atoms with van der Waals surface area (Å²) in [5.41, 5.74) is 3.30. The molecule has 3 aromatic rings. The van der Waals surface area contributed by atoms with Gasteiger partial charge in [0.1, 0.15) is 23.4 Å². The maximum Gasteiger partial charge on any atom is 0.217 e. The monoisotopic (exact) mass is 458 g/mol. The molecule has 3 aliphatic heterocycles. The van der Waals surface area contributed by atoms with Crippen LogP contribution in [0.15, 0.2) is 54.7 Å². The molecule has 176 valence electrons. The molecule has 3 aliphatic rings. The first-order chi connectivity index (χ1) is 16.6. The van der Waals surface area contributed by atoms with E-state index in [1.807, 2.05) is 42.5 Å². The van der Waals surface area contributed by atoms with Crippen LogP contribution in [0.25, 0.3) is 11.3 Å². The van der Waals surface area contributed by atoms with E-state index in [0.29, 0.717) is 18.1 Å². The van der Waals surface area contributed by atoms with Gasteiger partial charge in [0.25, 0.3) is 0 Å². The van der Waals surface area contributed by atoms with Gasteiger partial charge in [-0.2, -0.15) is 5.10 Å². The van der Waals surface area contributed by atoms with Gasteiger partial charge in [0.2, 0.25) is 5.91 Å². The second kappa shape index (κ2) is 8.80. The number of amides is 1. The summed E-state index contributed by atoms with van der Waals surface area (Å²) in [6.45, 7) is 2.56. The number of hydrogen-bond donors (Lipinski definition) is 2. The Labute approximate surface area is 199 Å². The van der Waals surface area contributed by atoms with Gasteiger partial charge in [0.05, 0.1) is 5.69 Å². The zero-order valence-corrected chi connectivity index (χ0v) is 19.4. The van der Waals surface area contributed by atoms with E-state index < -0.39 is 0 Å². The topological polar surface area (TPSA) is 79.5 Å². The van der Waals surface area contributed by atoms with Crippen LogP contribution in [-0.4, -0.2) is 51.8 Å². The first-order valence-electron chi connectivity index (χ1n) is 12.2. The quantitative estimate of drug-likeness (QED) is 0.576. The summed E-state index contributed by atoms with van der Waals surface area (Å²) in [6.07, 6.45) is 7.38. The molecule has 2 bridgehead atoms. The number of piperidine rings is 1. The third-order valence-electron chi connectivity index (χ3n) is 7.39. The van der Waals surface area contributed by atoms with Crippen molar-refractivity contribution in [1.82, 2.24) is 20.4 Å². The van der Waals surface area contributed by atoms with E-state index in [1.54, 1.807) is 13.1 Å². The second-order valence-corrected chi connectivity index (χ2v) is 9.76. The van der Waals surface area contributed by atoms with Crippen molar-refractivity contribution in [2.75, 3.05) is 6.54 Å². The highest BCUT2D eigenvalue weighted by Crippen LogP contribution is 2.39. The molecule has 6 rings (SSSR count). The Hall–Kier alpha value is -3.32. The predicted octanol–water partition coefficient (Wildman–Crippen LogP) is 4.30. The number of ether oxygens (including phenoxy) is 2. The summed E-state index contributed by atoms with van der Waals surface area (Å²) in [5, 5.41) is 10.1. The zero-order valence-electron chi connectivity index (χ0n) is 19.4. The molecule has 7 nitrogen and oxygen atoms in total. The third kappa shape index (κ3) is 4.28. The van der Waals surface area contributed by atoms with Crippen LogP contribution >= 0.6 is 0 Å². The number of hydrogen-bond acceptors (Lipinski definition) is 5. The fourth-order valence-corrected chi connectivity index (χ4v) is 5.91. The van der Waals surface area contributed by atoms with Gasteiger partial charge < -0.3 is 14.8 Å². The molecular weight excluding hydrogens is 428 g/mol. The first kappa shape index (κ1) is 21.2. The van der Waals surface area contributed by atoms with Crippen molar-refractivity contribution in [1.29, 1.82) is 0 Å². The van der Waals surface area contributed by atoms with Gasteiger partial charge in [-0.25, -0.2) is 0 Å². The molecule has 7 heteroatoms. The number of carbonyl (C=O) groups is 1. The van der Waals surface area contributed by atoms with Crippen LogP contribution < -0.4 is 14.8 Å². The minimum absolute atomic E-state index is 0.0826. The molecule has 2 saturated heterocycles. The zero-order chi connectivity index (χ0) is 23.1. The number of H-pyrrole nitrogens is 1. The normalized spacial score (nSPS) is 25.6. The lowest BCUT2D eigenvalue weighted by Crippen LogP contribution is -2.52. The number of fused-ring (bicyclic) bond motifs is 3. The summed E-state index contributed by atoms with van der Waals surface area (Å²) in [5.74, 6) is 2.58. The van der Waals surface area contributed by atoms with Crippen LogP contribution in [0.5, 0.6) is 17.2 Å². The Morgan fingerprint density at radius 2 is 1.88 bits per heavy atom. The molecule has 0 aliphatic carbocycles. The summed E-state index contributed by atoms with van der Waals surface area (Å²) >= 11 is 0. The minimum Gasteiger partial charge on any atom is -0.488 e. The van der Waals surface area contributed by atoms with Crippen molar-refractivity contribution in [3.63, 3.8) is 0 Å². The Bertz CT molecular complexity index is 1150. The summed E-state index contributed by atoms with van der Waals surface area (Å²) in [6, 6.07) is 17.5. The van der Waals surface area contributed by atoms with E-state index in [2.05, 4.69) is 26.5 Å². The first-order valence-corrected chi connectivity index (χ1v) is 12.2. The lowest BCUT2D eigenvalue weighted by molar-refractivity contribution is -0.120. The predicted molar refractivity (Wildman–Crippen MR) is 129 cm³/mol. The number of aromatic amines is 1. The number of benzene rings is 2. The summed E-state index contributed by atoms with van der Waals surface area (Å²) in [4.78, 5) is 14.1. The lowest BCUT2D eigenvalue weighted by atomic mass is 9.96. The standard InChI is InChI=1S/C27H30N4O3/c1-17(32)29-20-13-21-5-6-22(14-20)31(21)16-25-12-19-4-9-24(15-27(19)34-25)33-23-7-2-18(3-8-23)26-10-11-28-30-26/h2-4,7-11,15,20-22,25H,5-6,12-14,16H2,1H3,(H,28,30)(H,29,32)/t20?,21-,22+,25?. The van der Waals surface area contributed by atoms with Gasteiger partial charge in [0, 0.05) is 50.3 Å². The SMILES string of the molecule is CC(=O)NC1C[C@H]2CC[C@@H](C1)N2CC1Cc2ccc(Oc3ccc(-c4ccn[nH]4)cc3)cc2O1. The number of nitrogens with zero attached hydrogens (tertiary/aromatic N) is 2. The van der Waals surface area contributed by atoms with E-state index in [1.165, 1.54) is 18.4 Å². The van der Waals surface area contributed by atoms with E-state index in [-0.39, 0.29) is 12.0 Å². The van der Waals surface area contributed by atoms with E-state index >= 15 is 0 Å². The van der Waals surface area contributed by atoms with Crippen LogP contribution in [-0.2, 0) is 11.2 Å². The smallest absolute Gasteiger partial charge is 0.217 e. The minimum atomic E-state index is 0.0826. The third-order valence-corrected chi connectivity index (χ3v) is 7.39. The number of carbonyl (C=O) groups excluding carboxylic acids is 1. The molecule has 34 heavy (non-hydrogen) atoms. The molecule has 0 saturated carbocycles. The fourth-order valence-electron chi connectivity index (χ4n) is 5.91. The van der Waals surface area contributed by atoms with Gasteiger partial charge in [-0.15, -0.1) is 0 Å². The molecular formula is C27H30N4O3. The van der Waals surface area contributed by atoms with Crippen molar-refractivity contribution < 1.29 is 14.3 Å². The summed E-state index contributed by atoms with van der Waals surface area (Å²) < 4.78 is 12.5. The molecule has 1 amide bonds. The van der Waals surface area contributed by atoms with Crippen LogP contribution in [0, 0.1) is 0 Å². The Balaban J connectivity index is 1.07. The van der Waals surface area contributed by atoms with Crippen LogP contribution in [0.4, 0.5) is 0 Å². The lowest BCUT2D eigenvalue weighted by Gasteiger charge is -2.40. The number of nitrogens with one attached hydrogen (secondary N) is 2. The van der Waals surface area contributed by atoms with Gasteiger partial charge >= 0.3 is 0 Å².